The van der Waals surface area contributed by atoms with Crippen LogP contribution in [0.15, 0.2) is 48.5 Å². The second-order valence-corrected chi connectivity index (χ2v) is 9.33. The summed E-state index contributed by atoms with van der Waals surface area (Å²) < 4.78 is 44.3. The fraction of sp³-hybridized carbons (Fsp3) is 0.458. The summed E-state index contributed by atoms with van der Waals surface area (Å²) in [4.78, 5) is 4.86. The van der Waals surface area contributed by atoms with Crippen molar-refractivity contribution < 1.29 is 17.9 Å². The summed E-state index contributed by atoms with van der Waals surface area (Å²) in [6.45, 7) is 6.92. The van der Waals surface area contributed by atoms with Crippen molar-refractivity contribution in [3.05, 3.63) is 59.9 Å². The van der Waals surface area contributed by atoms with Crippen molar-refractivity contribution in [2.45, 2.75) is 58.9 Å². The van der Waals surface area contributed by atoms with Gasteiger partial charge in [-0.2, -0.15) is 0 Å². The standard InChI is InChI=1S/C24H27F3N2O/c1-16-11-18(15-23(2,3)14-16)29-21-10-5-4-9-20(21)28-22(29)13-17-7-6-8-19(12-17)30-24(25,26)27/h4-10,12,16,18H,11,13-15H2,1-3H3/t16-,18+/m1/s1. The average Bonchev–Trinajstić information content (AvgIpc) is 2.96. The molecule has 1 heterocycles. The molecule has 0 spiro atoms. The van der Waals surface area contributed by atoms with Gasteiger partial charge in [0.05, 0.1) is 11.0 Å². The van der Waals surface area contributed by atoms with Gasteiger partial charge in [-0.1, -0.05) is 45.0 Å². The summed E-state index contributed by atoms with van der Waals surface area (Å²) in [5.41, 5.74) is 3.00. The predicted octanol–water partition coefficient (Wildman–Crippen LogP) is 6.91. The van der Waals surface area contributed by atoms with Crippen LogP contribution < -0.4 is 4.74 Å². The Labute approximate surface area is 174 Å². The zero-order valence-electron chi connectivity index (χ0n) is 17.5. The zero-order valence-corrected chi connectivity index (χ0v) is 17.5. The highest BCUT2D eigenvalue weighted by atomic mass is 19.4. The molecule has 1 saturated carbocycles. The third kappa shape index (κ3) is 4.63. The molecule has 0 aliphatic heterocycles. The van der Waals surface area contributed by atoms with E-state index in [0.717, 1.165) is 35.3 Å². The molecule has 4 rings (SSSR count). The quantitative estimate of drug-likeness (QED) is 0.462. The lowest BCUT2D eigenvalue weighted by molar-refractivity contribution is -0.274. The van der Waals surface area contributed by atoms with E-state index in [1.807, 2.05) is 24.3 Å². The number of para-hydroxylation sites is 2. The van der Waals surface area contributed by atoms with Crippen LogP contribution in [0.4, 0.5) is 13.2 Å². The lowest BCUT2D eigenvalue weighted by Crippen LogP contribution is -2.30. The molecule has 6 heteroatoms. The topological polar surface area (TPSA) is 27.1 Å². The monoisotopic (exact) mass is 416 g/mol. The number of hydrogen-bond donors (Lipinski definition) is 0. The Balaban J connectivity index is 1.72. The highest BCUT2D eigenvalue weighted by Crippen LogP contribution is 2.45. The van der Waals surface area contributed by atoms with Gasteiger partial charge < -0.3 is 9.30 Å². The molecule has 0 unspecified atom stereocenters. The maximum Gasteiger partial charge on any atom is 0.573 e. The highest BCUT2D eigenvalue weighted by Gasteiger charge is 2.34. The normalized spacial score (nSPS) is 21.7. The first-order valence-electron chi connectivity index (χ1n) is 10.4. The summed E-state index contributed by atoms with van der Waals surface area (Å²) in [5, 5.41) is 0. The van der Waals surface area contributed by atoms with Crippen molar-refractivity contribution in [2.75, 3.05) is 0 Å². The van der Waals surface area contributed by atoms with Gasteiger partial charge in [0.2, 0.25) is 0 Å². The third-order valence-corrected chi connectivity index (χ3v) is 5.89. The van der Waals surface area contributed by atoms with Gasteiger partial charge >= 0.3 is 6.36 Å². The Bertz CT molecular complexity index is 1040. The molecule has 0 bridgehead atoms. The molecule has 3 aromatic rings. The van der Waals surface area contributed by atoms with E-state index in [4.69, 9.17) is 4.98 Å². The van der Waals surface area contributed by atoms with Crippen molar-refractivity contribution >= 4 is 11.0 Å². The second-order valence-electron chi connectivity index (χ2n) is 9.33. The van der Waals surface area contributed by atoms with Crippen LogP contribution in [0.5, 0.6) is 5.75 Å². The molecule has 0 radical (unpaired) electrons. The molecular weight excluding hydrogens is 389 g/mol. The fourth-order valence-corrected chi connectivity index (χ4v) is 5.15. The molecule has 1 aliphatic rings. The summed E-state index contributed by atoms with van der Waals surface area (Å²) >= 11 is 0. The smallest absolute Gasteiger partial charge is 0.406 e. The molecule has 30 heavy (non-hydrogen) atoms. The van der Waals surface area contributed by atoms with E-state index in [2.05, 4.69) is 36.1 Å². The minimum Gasteiger partial charge on any atom is -0.406 e. The zero-order chi connectivity index (χ0) is 21.5. The van der Waals surface area contributed by atoms with Gasteiger partial charge in [-0.05, 0) is 60.4 Å². The molecule has 1 fully saturated rings. The molecule has 0 amide bonds. The average molecular weight is 416 g/mol. The van der Waals surface area contributed by atoms with Crippen LogP contribution in [0.3, 0.4) is 0 Å². The minimum absolute atomic E-state index is 0.199. The number of hydrogen-bond acceptors (Lipinski definition) is 2. The van der Waals surface area contributed by atoms with Crippen LogP contribution in [0.25, 0.3) is 11.0 Å². The van der Waals surface area contributed by atoms with E-state index in [9.17, 15) is 13.2 Å². The van der Waals surface area contributed by atoms with Crippen LogP contribution in [0, 0.1) is 11.3 Å². The molecule has 160 valence electrons. The summed E-state index contributed by atoms with van der Waals surface area (Å²) in [7, 11) is 0. The number of fused-ring (bicyclic) bond motifs is 1. The van der Waals surface area contributed by atoms with Gasteiger partial charge in [0.15, 0.2) is 0 Å². The van der Waals surface area contributed by atoms with Crippen molar-refractivity contribution in [1.29, 1.82) is 0 Å². The Morgan fingerprint density at radius 3 is 2.60 bits per heavy atom. The predicted molar refractivity (Wildman–Crippen MR) is 111 cm³/mol. The van der Waals surface area contributed by atoms with Crippen LogP contribution in [0.1, 0.15) is 57.5 Å². The summed E-state index contributed by atoms with van der Waals surface area (Å²) in [5.74, 6) is 1.29. The lowest BCUT2D eigenvalue weighted by atomic mass is 9.70. The summed E-state index contributed by atoms with van der Waals surface area (Å²) in [6, 6.07) is 14.6. The van der Waals surface area contributed by atoms with Gasteiger partial charge in [0, 0.05) is 12.5 Å². The number of halogens is 3. The number of alkyl halides is 3. The van der Waals surface area contributed by atoms with E-state index in [0.29, 0.717) is 18.4 Å². The Morgan fingerprint density at radius 1 is 1.10 bits per heavy atom. The largest absolute Gasteiger partial charge is 0.573 e. The molecular formula is C24H27F3N2O. The third-order valence-electron chi connectivity index (χ3n) is 5.89. The van der Waals surface area contributed by atoms with Gasteiger partial charge in [-0.25, -0.2) is 4.98 Å². The molecule has 2 aromatic carbocycles. The van der Waals surface area contributed by atoms with E-state index in [1.54, 1.807) is 6.07 Å². The number of aromatic nitrogens is 2. The molecule has 3 nitrogen and oxygen atoms in total. The summed E-state index contributed by atoms with van der Waals surface area (Å²) in [6.07, 6.45) is -0.914. The van der Waals surface area contributed by atoms with Crippen molar-refractivity contribution in [3.8, 4) is 5.75 Å². The number of rotatable bonds is 4. The number of imidazole rings is 1. The van der Waals surface area contributed by atoms with Gasteiger partial charge in [0.1, 0.15) is 11.6 Å². The van der Waals surface area contributed by atoms with Gasteiger partial charge in [-0.3, -0.25) is 0 Å². The molecule has 0 saturated heterocycles. The number of ether oxygens (including phenoxy) is 1. The Kier molecular flexibility index (Phi) is 5.28. The first kappa shape index (κ1) is 20.8. The first-order chi connectivity index (χ1) is 14.1. The Hall–Kier alpha value is -2.50. The van der Waals surface area contributed by atoms with Crippen molar-refractivity contribution in [3.63, 3.8) is 0 Å². The first-order valence-corrected chi connectivity index (χ1v) is 10.4. The van der Waals surface area contributed by atoms with Crippen molar-refractivity contribution in [2.24, 2.45) is 11.3 Å². The highest BCUT2D eigenvalue weighted by molar-refractivity contribution is 5.76. The second kappa shape index (κ2) is 7.64. The van der Waals surface area contributed by atoms with Crippen molar-refractivity contribution in [1.82, 2.24) is 9.55 Å². The van der Waals surface area contributed by atoms with Crippen LogP contribution in [0.2, 0.25) is 0 Å². The Morgan fingerprint density at radius 2 is 1.87 bits per heavy atom. The van der Waals surface area contributed by atoms with E-state index < -0.39 is 6.36 Å². The molecule has 0 N–H and O–H groups in total. The molecule has 1 aromatic heterocycles. The van der Waals surface area contributed by atoms with Crippen LogP contribution in [-0.4, -0.2) is 15.9 Å². The molecule has 2 atom stereocenters. The maximum absolute atomic E-state index is 12.6. The van der Waals surface area contributed by atoms with Gasteiger partial charge in [-0.15, -0.1) is 13.2 Å². The van der Waals surface area contributed by atoms with Gasteiger partial charge in [0.25, 0.3) is 0 Å². The van der Waals surface area contributed by atoms with E-state index in [1.165, 1.54) is 18.6 Å². The van der Waals surface area contributed by atoms with Crippen LogP contribution >= 0.6 is 0 Å². The number of benzene rings is 2. The maximum atomic E-state index is 12.6. The van der Waals surface area contributed by atoms with E-state index >= 15 is 0 Å². The SMILES string of the molecule is C[C@@H]1C[C@H](n2c(Cc3cccc(OC(F)(F)F)c3)nc3ccccc32)CC(C)(C)C1. The molecule has 1 aliphatic carbocycles. The van der Waals surface area contributed by atoms with E-state index in [-0.39, 0.29) is 11.2 Å². The lowest BCUT2D eigenvalue weighted by Gasteiger charge is -2.40. The van der Waals surface area contributed by atoms with Crippen LogP contribution in [-0.2, 0) is 6.42 Å². The fourth-order valence-electron chi connectivity index (χ4n) is 5.15. The number of nitrogens with zero attached hydrogens (tertiary/aromatic N) is 2. The minimum atomic E-state index is -4.70.